The van der Waals surface area contributed by atoms with Crippen molar-refractivity contribution in [2.24, 2.45) is 11.0 Å². The van der Waals surface area contributed by atoms with Crippen LogP contribution < -0.4 is 15.0 Å². The monoisotopic (exact) mass is 319 g/mol. The molecule has 0 aliphatic carbocycles. The summed E-state index contributed by atoms with van der Waals surface area (Å²) in [4.78, 5) is 0. The van der Waals surface area contributed by atoms with Crippen molar-refractivity contribution in [2.45, 2.75) is 32.2 Å². The molecule has 0 unspecified atom stereocenters. The lowest BCUT2D eigenvalue weighted by Crippen LogP contribution is -2.41. The standard InChI is InChI=1S/C17H25N3O3/c1-13(8-14-5-6-16-17(9-14)23-12-22-16)10-18-19-20-7-3-4-15(20)11-21-2/h5-6,9-10,13,15,19H,3-4,7-8,11-12H2,1-2H3/b18-10+/t13-,15-/m0/s1. The Labute approximate surface area is 137 Å². The summed E-state index contributed by atoms with van der Waals surface area (Å²) >= 11 is 0. The number of nitrogens with one attached hydrogen (secondary N) is 1. The van der Waals surface area contributed by atoms with Crippen LogP contribution in [0.4, 0.5) is 0 Å². The molecular formula is C17H25N3O3. The Morgan fingerprint density at radius 2 is 2.30 bits per heavy atom. The molecule has 2 aliphatic heterocycles. The van der Waals surface area contributed by atoms with Crippen LogP contribution in [0.25, 0.3) is 0 Å². The second kappa shape index (κ2) is 7.66. The van der Waals surface area contributed by atoms with Crippen molar-refractivity contribution >= 4 is 6.21 Å². The fraction of sp³-hybridized carbons (Fsp3) is 0.588. The Kier molecular flexibility index (Phi) is 5.35. The number of hydrogen-bond acceptors (Lipinski definition) is 6. The van der Waals surface area contributed by atoms with E-state index in [1.807, 2.05) is 12.3 Å². The Morgan fingerprint density at radius 3 is 3.17 bits per heavy atom. The largest absolute Gasteiger partial charge is 0.454 e. The third-order valence-corrected chi connectivity index (χ3v) is 4.25. The van der Waals surface area contributed by atoms with E-state index in [0.717, 1.165) is 37.5 Å². The molecule has 0 bridgehead atoms. The van der Waals surface area contributed by atoms with E-state index in [0.29, 0.717) is 18.8 Å². The molecular weight excluding hydrogens is 294 g/mol. The summed E-state index contributed by atoms with van der Waals surface area (Å²) in [6.45, 7) is 4.24. The molecule has 2 atom stereocenters. The van der Waals surface area contributed by atoms with Crippen molar-refractivity contribution in [3.8, 4) is 11.5 Å². The highest BCUT2D eigenvalue weighted by Gasteiger charge is 2.23. The number of methoxy groups -OCH3 is 1. The number of hydrazone groups is 1. The van der Waals surface area contributed by atoms with Crippen LogP contribution in [0.3, 0.4) is 0 Å². The molecule has 3 rings (SSSR count). The predicted molar refractivity (Wildman–Crippen MR) is 88.7 cm³/mol. The summed E-state index contributed by atoms with van der Waals surface area (Å²) in [5.41, 5.74) is 4.38. The first-order valence-electron chi connectivity index (χ1n) is 8.19. The third-order valence-electron chi connectivity index (χ3n) is 4.25. The Balaban J connectivity index is 1.48. The molecule has 1 aromatic carbocycles. The molecule has 1 aromatic rings. The van der Waals surface area contributed by atoms with Gasteiger partial charge in [0.2, 0.25) is 6.79 Å². The number of hydrazine groups is 1. The van der Waals surface area contributed by atoms with E-state index in [4.69, 9.17) is 14.2 Å². The second-order valence-corrected chi connectivity index (χ2v) is 6.19. The molecule has 0 saturated carbocycles. The van der Waals surface area contributed by atoms with E-state index >= 15 is 0 Å². The van der Waals surface area contributed by atoms with Gasteiger partial charge in [-0.25, -0.2) is 10.5 Å². The second-order valence-electron chi connectivity index (χ2n) is 6.19. The molecule has 6 nitrogen and oxygen atoms in total. The average Bonchev–Trinajstić information content (AvgIpc) is 3.16. The molecule has 6 heteroatoms. The van der Waals surface area contributed by atoms with Crippen molar-refractivity contribution < 1.29 is 14.2 Å². The third kappa shape index (κ3) is 4.14. The highest BCUT2D eigenvalue weighted by Crippen LogP contribution is 2.32. The minimum Gasteiger partial charge on any atom is -0.454 e. The number of hydrogen-bond donors (Lipinski definition) is 1. The number of nitrogens with zero attached hydrogens (tertiary/aromatic N) is 2. The van der Waals surface area contributed by atoms with Gasteiger partial charge in [-0.1, -0.05) is 13.0 Å². The van der Waals surface area contributed by atoms with E-state index in [1.54, 1.807) is 7.11 Å². The van der Waals surface area contributed by atoms with Gasteiger partial charge in [0.1, 0.15) is 0 Å². The van der Waals surface area contributed by atoms with Crippen molar-refractivity contribution in [3.63, 3.8) is 0 Å². The molecule has 126 valence electrons. The normalized spacial score (nSPS) is 21.9. The van der Waals surface area contributed by atoms with Crippen molar-refractivity contribution in [3.05, 3.63) is 23.8 Å². The van der Waals surface area contributed by atoms with Crippen molar-refractivity contribution in [1.29, 1.82) is 0 Å². The molecule has 0 spiro atoms. The van der Waals surface area contributed by atoms with Crippen LogP contribution in [0, 0.1) is 5.92 Å². The molecule has 0 aromatic heterocycles. The van der Waals surface area contributed by atoms with Gasteiger partial charge in [-0.15, -0.1) is 0 Å². The van der Waals surface area contributed by atoms with Crippen LogP contribution in [0.1, 0.15) is 25.3 Å². The van der Waals surface area contributed by atoms with Crippen LogP contribution >= 0.6 is 0 Å². The van der Waals surface area contributed by atoms with Gasteiger partial charge < -0.3 is 14.2 Å². The SMILES string of the molecule is COC[C@@H]1CCCN1N/N=C/[C@@H](C)Cc1ccc2c(c1)OCO2. The lowest BCUT2D eigenvalue weighted by atomic mass is 10.0. The topological polar surface area (TPSA) is 55.3 Å². The van der Waals surface area contributed by atoms with Gasteiger partial charge in [-0.05, 0) is 42.9 Å². The summed E-state index contributed by atoms with van der Waals surface area (Å²) in [5.74, 6) is 2.01. The lowest BCUT2D eigenvalue weighted by Gasteiger charge is -2.22. The first kappa shape index (κ1) is 16.1. The number of ether oxygens (including phenoxy) is 3. The van der Waals surface area contributed by atoms with Gasteiger partial charge in [0.15, 0.2) is 11.5 Å². The molecule has 0 amide bonds. The average molecular weight is 319 g/mol. The van der Waals surface area contributed by atoms with Crippen LogP contribution in [-0.4, -0.2) is 44.3 Å². The van der Waals surface area contributed by atoms with Crippen molar-refractivity contribution in [2.75, 3.05) is 27.1 Å². The maximum atomic E-state index is 5.42. The van der Waals surface area contributed by atoms with E-state index < -0.39 is 0 Å². The summed E-state index contributed by atoms with van der Waals surface area (Å²) in [6.07, 6.45) is 5.22. The zero-order valence-corrected chi connectivity index (χ0v) is 13.8. The number of fused-ring (bicyclic) bond motifs is 1. The van der Waals surface area contributed by atoms with Crippen LogP contribution in [0.5, 0.6) is 11.5 Å². The zero-order chi connectivity index (χ0) is 16.1. The van der Waals surface area contributed by atoms with Crippen LogP contribution in [0.2, 0.25) is 0 Å². The van der Waals surface area contributed by atoms with Gasteiger partial charge in [-0.3, -0.25) is 0 Å². The van der Waals surface area contributed by atoms with Gasteiger partial charge in [0.25, 0.3) is 0 Å². The molecule has 2 aliphatic rings. The van der Waals surface area contributed by atoms with Gasteiger partial charge in [-0.2, -0.15) is 5.10 Å². The quantitative estimate of drug-likeness (QED) is 0.617. The summed E-state index contributed by atoms with van der Waals surface area (Å²) < 4.78 is 16.0. The predicted octanol–water partition coefficient (Wildman–Crippen LogP) is 2.20. The summed E-state index contributed by atoms with van der Waals surface area (Å²) in [5, 5.41) is 6.55. The number of rotatable bonds is 7. The highest BCUT2D eigenvalue weighted by atomic mass is 16.7. The summed E-state index contributed by atoms with van der Waals surface area (Å²) in [6, 6.07) is 6.52. The molecule has 0 radical (unpaired) electrons. The molecule has 1 fully saturated rings. The van der Waals surface area contributed by atoms with Crippen LogP contribution in [0.15, 0.2) is 23.3 Å². The van der Waals surface area contributed by atoms with Gasteiger partial charge in [0.05, 0.1) is 12.6 Å². The molecule has 23 heavy (non-hydrogen) atoms. The lowest BCUT2D eigenvalue weighted by molar-refractivity contribution is 0.0848. The smallest absolute Gasteiger partial charge is 0.231 e. The Hall–Kier alpha value is -1.79. The van der Waals surface area contributed by atoms with Gasteiger partial charge in [0, 0.05) is 19.9 Å². The van der Waals surface area contributed by atoms with Crippen LogP contribution in [-0.2, 0) is 11.2 Å². The fourth-order valence-electron chi connectivity index (χ4n) is 3.06. The maximum Gasteiger partial charge on any atom is 0.231 e. The van der Waals surface area contributed by atoms with E-state index in [2.05, 4.69) is 34.7 Å². The molecule has 1 saturated heterocycles. The van der Waals surface area contributed by atoms with Crippen molar-refractivity contribution in [1.82, 2.24) is 10.5 Å². The minimum atomic E-state index is 0.318. The van der Waals surface area contributed by atoms with E-state index in [9.17, 15) is 0 Å². The fourth-order valence-corrected chi connectivity index (χ4v) is 3.06. The van der Waals surface area contributed by atoms with E-state index in [1.165, 1.54) is 12.0 Å². The van der Waals surface area contributed by atoms with E-state index in [-0.39, 0.29) is 0 Å². The highest BCUT2D eigenvalue weighted by molar-refractivity contribution is 5.60. The Morgan fingerprint density at radius 1 is 1.43 bits per heavy atom. The molecule has 2 heterocycles. The maximum absolute atomic E-state index is 5.42. The number of benzene rings is 1. The minimum absolute atomic E-state index is 0.318. The first-order chi connectivity index (χ1) is 11.3. The zero-order valence-electron chi connectivity index (χ0n) is 13.8. The Bertz CT molecular complexity index is 550. The van der Waals surface area contributed by atoms with Gasteiger partial charge >= 0.3 is 0 Å². The summed E-state index contributed by atoms with van der Waals surface area (Å²) in [7, 11) is 1.74. The first-order valence-corrected chi connectivity index (χ1v) is 8.19. The molecule has 1 N–H and O–H groups in total.